The van der Waals surface area contributed by atoms with Crippen molar-refractivity contribution in [1.82, 2.24) is 0 Å². The van der Waals surface area contributed by atoms with Gasteiger partial charge in [0.25, 0.3) is 0 Å². The molecule has 2 nitrogen and oxygen atoms in total. The lowest BCUT2D eigenvalue weighted by atomic mass is 9.73. The Morgan fingerprint density at radius 3 is 2.03 bits per heavy atom. The zero-order valence-corrected chi connectivity index (χ0v) is 42.9. The minimum absolute atomic E-state index is 0.153. The number of hydrogen-bond acceptors (Lipinski definition) is 2. The predicted molar refractivity (Wildman–Crippen MR) is 316 cm³/mol. The number of nitrogens with zero attached hydrogens (tertiary/aromatic N) is 2. The molecule has 9 aromatic carbocycles. The Labute approximate surface area is 437 Å². The molecule has 2 heteroatoms. The third kappa shape index (κ3) is 8.26. The Balaban J connectivity index is 0.903. The van der Waals surface area contributed by atoms with Gasteiger partial charge in [0.15, 0.2) is 0 Å². The third-order valence-electron chi connectivity index (χ3n) is 17.4. The molecule has 9 aromatic rings. The molecule has 8 atom stereocenters. The molecule has 0 radical (unpaired) electrons. The van der Waals surface area contributed by atoms with Crippen molar-refractivity contribution in [3.05, 3.63) is 259 Å². The fourth-order valence-electron chi connectivity index (χ4n) is 13.7. The first-order valence-corrected chi connectivity index (χ1v) is 27.4. The number of benzene rings is 9. The molecule has 362 valence electrons. The normalized spacial score (nSPS) is 24.2. The van der Waals surface area contributed by atoms with E-state index in [4.69, 9.17) is 4.99 Å². The first-order valence-electron chi connectivity index (χ1n) is 27.4. The van der Waals surface area contributed by atoms with E-state index in [2.05, 4.69) is 262 Å². The monoisotopic (exact) mass is 957 g/mol. The Morgan fingerprint density at radius 2 is 1.23 bits per heavy atom. The van der Waals surface area contributed by atoms with Crippen LogP contribution in [0.2, 0.25) is 0 Å². The van der Waals surface area contributed by atoms with Crippen molar-refractivity contribution < 1.29 is 0 Å². The number of rotatable bonds is 8. The van der Waals surface area contributed by atoms with E-state index < -0.39 is 0 Å². The molecule has 4 aliphatic rings. The van der Waals surface area contributed by atoms with Crippen LogP contribution in [0.5, 0.6) is 0 Å². The molecule has 13 rings (SSSR count). The summed E-state index contributed by atoms with van der Waals surface area (Å²) in [4.78, 5) is 8.57. The summed E-state index contributed by atoms with van der Waals surface area (Å²) < 4.78 is 0. The second kappa shape index (κ2) is 19.6. The van der Waals surface area contributed by atoms with Gasteiger partial charge in [-0.3, -0.25) is 4.99 Å². The summed E-state index contributed by atoms with van der Waals surface area (Å²) in [5, 5.41) is 7.74. The number of para-hydroxylation sites is 1. The lowest BCUT2D eigenvalue weighted by molar-refractivity contribution is 0.273. The van der Waals surface area contributed by atoms with Crippen LogP contribution in [-0.2, 0) is 0 Å². The van der Waals surface area contributed by atoms with Crippen LogP contribution >= 0.6 is 0 Å². The SMILES string of the molecule is CC[C@H]1CC(c2ccccc2)[C@H](C)C[C@@H](C)/C(c2cccc(-c3cccc4c5ccccc5c5cc(C6=CC7C(C=C6)c6ccccc6N7c6ccc(-c7ccccc7)cc6)ccc5c34)c2)=N\C1C1C=CC=CC1. The van der Waals surface area contributed by atoms with Crippen molar-refractivity contribution in [2.75, 3.05) is 4.90 Å². The highest BCUT2D eigenvalue weighted by molar-refractivity contribution is 6.28. The highest BCUT2D eigenvalue weighted by Crippen LogP contribution is 2.50. The summed E-state index contributed by atoms with van der Waals surface area (Å²) in [6.45, 7) is 7.35. The summed E-state index contributed by atoms with van der Waals surface area (Å²) >= 11 is 0. The van der Waals surface area contributed by atoms with Crippen molar-refractivity contribution in [2.45, 2.75) is 70.4 Å². The lowest BCUT2D eigenvalue weighted by Crippen LogP contribution is -2.30. The summed E-state index contributed by atoms with van der Waals surface area (Å²) in [6, 6.07) is 73.2. The molecule has 74 heavy (non-hydrogen) atoms. The van der Waals surface area contributed by atoms with Gasteiger partial charge in [-0.25, -0.2) is 0 Å². The zero-order chi connectivity index (χ0) is 49.7. The molecule has 0 bridgehead atoms. The standard InChI is InChI=1S/C72H64N2/c1-4-49-44-66(52-22-10-6-11-23-52)47(2)42-48(3)71(73-72(49)53-24-12-7-13-25-53)57-27-18-26-56(43-57)59-31-19-32-64-60-28-14-15-29-61(60)67-45-54(37-41-65(67)70(59)64)55-36-40-63-62-30-16-17-33-68(62)74(69(63)46-55)58-38-34-51(35-39-58)50-20-8-5-9-21-50/h5-24,26-41,43,45-49,53,63,66,69,72H,4,25,42,44H2,1-3H3/b73-71+/t47-,48-,49+,53?,63?,66?,69?,72?/m1/s1. The Morgan fingerprint density at radius 1 is 0.554 bits per heavy atom. The van der Waals surface area contributed by atoms with Crippen molar-refractivity contribution in [2.24, 2.45) is 28.7 Å². The number of anilines is 2. The Bertz CT molecular complexity index is 3710. The molecular formula is C72H64N2. The van der Waals surface area contributed by atoms with E-state index in [9.17, 15) is 0 Å². The Kier molecular flexibility index (Phi) is 12.2. The van der Waals surface area contributed by atoms with Gasteiger partial charge >= 0.3 is 0 Å². The van der Waals surface area contributed by atoms with Crippen LogP contribution in [0.4, 0.5) is 11.4 Å². The molecule has 0 aromatic heterocycles. The number of fused-ring (bicyclic) bond motifs is 9. The van der Waals surface area contributed by atoms with E-state index in [0.717, 1.165) is 25.7 Å². The number of hydrogen-bond donors (Lipinski definition) is 0. The number of allylic oxidation sites excluding steroid dienone is 5. The van der Waals surface area contributed by atoms with Crippen LogP contribution in [0.25, 0.3) is 60.1 Å². The first-order chi connectivity index (χ1) is 36.5. The molecule has 0 N–H and O–H groups in total. The molecule has 0 fully saturated rings. The molecule has 0 amide bonds. The van der Waals surface area contributed by atoms with E-state index in [1.54, 1.807) is 0 Å². The smallest absolute Gasteiger partial charge is 0.0635 e. The summed E-state index contributed by atoms with van der Waals surface area (Å²) in [7, 11) is 0. The van der Waals surface area contributed by atoms with Crippen LogP contribution in [0.3, 0.4) is 0 Å². The van der Waals surface area contributed by atoms with Crippen molar-refractivity contribution in [1.29, 1.82) is 0 Å². The van der Waals surface area contributed by atoms with Gasteiger partial charge in [0.2, 0.25) is 0 Å². The van der Waals surface area contributed by atoms with Crippen molar-refractivity contribution >= 4 is 55.0 Å². The van der Waals surface area contributed by atoms with Crippen molar-refractivity contribution in [3.8, 4) is 22.3 Å². The van der Waals surface area contributed by atoms with Gasteiger partial charge in [-0.15, -0.1) is 0 Å². The first kappa shape index (κ1) is 46.0. The fourth-order valence-corrected chi connectivity index (χ4v) is 13.7. The molecule has 0 saturated heterocycles. The van der Waals surface area contributed by atoms with Gasteiger partial charge in [-0.2, -0.15) is 0 Å². The van der Waals surface area contributed by atoms with Crippen LogP contribution in [0.1, 0.15) is 80.5 Å². The number of aliphatic imine (C=N–C) groups is 1. The highest BCUT2D eigenvalue weighted by atomic mass is 15.2. The average Bonchev–Trinajstić information content (AvgIpc) is 3.82. The van der Waals surface area contributed by atoms with E-state index in [1.165, 1.54) is 99.5 Å². The largest absolute Gasteiger partial charge is 0.333 e. The van der Waals surface area contributed by atoms with Gasteiger partial charge in [0.05, 0.1) is 12.1 Å². The van der Waals surface area contributed by atoms with E-state index in [-0.39, 0.29) is 18.0 Å². The van der Waals surface area contributed by atoms with Crippen LogP contribution in [-0.4, -0.2) is 17.8 Å². The zero-order valence-electron chi connectivity index (χ0n) is 42.9. The molecule has 2 aliphatic carbocycles. The van der Waals surface area contributed by atoms with E-state index in [0.29, 0.717) is 29.6 Å². The maximum absolute atomic E-state index is 6.01. The Hall–Kier alpha value is -7.81. The van der Waals surface area contributed by atoms with Crippen LogP contribution < -0.4 is 4.90 Å². The highest BCUT2D eigenvalue weighted by Gasteiger charge is 2.39. The topological polar surface area (TPSA) is 15.6 Å². The van der Waals surface area contributed by atoms with Crippen LogP contribution in [0.15, 0.2) is 242 Å². The second-order valence-electron chi connectivity index (χ2n) is 21.7. The second-order valence-corrected chi connectivity index (χ2v) is 21.7. The summed E-state index contributed by atoms with van der Waals surface area (Å²) in [5.74, 6) is 2.44. The van der Waals surface area contributed by atoms with Gasteiger partial charge < -0.3 is 4.90 Å². The molecular weight excluding hydrogens is 893 g/mol. The van der Waals surface area contributed by atoms with E-state index in [1.807, 2.05) is 0 Å². The van der Waals surface area contributed by atoms with Gasteiger partial charge in [0.1, 0.15) is 0 Å². The average molecular weight is 957 g/mol. The minimum Gasteiger partial charge on any atom is -0.333 e. The minimum atomic E-state index is 0.153. The summed E-state index contributed by atoms with van der Waals surface area (Å²) in [6.07, 6.45) is 21.0. The predicted octanol–water partition coefficient (Wildman–Crippen LogP) is 18.9. The molecule has 5 unspecified atom stereocenters. The molecule has 2 aliphatic heterocycles. The molecule has 2 heterocycles. The third-order valence-corrected chi connectivity index (χ3v) is 17.4. The quantitative estimate of drug-likeness (QED) is 0.139. The van der Waals surface area contributed by atoms with E-state index >= 15 is 0 Å². The molecule has 0 spiro atoms. The maximum atomic E-state index is 6.01. The maximum Gasteiger partial charge on any atom is 0.0635 e. The van der Waals surface area contributed by atoms with Gasteiger partial charge in [-0.1, -0.05) is 234 Å². The fraction of sp³-hybridized carbons (Fsp3) is 0.208. The lowest BCUT2D eigenvalue weighted by Gasteiger charge is -2.33. The molecule has 0 saturated carbocycles. The van der Waals surface area contributed by atoms with Crippen LogP contribution in [0, 0.1) is 23.7 Å². The van der Waals surface area contributed by atoms with Gasteiger partial charge in [0, 0.05) is 28.9 Å². The van der Waals surface area contributed by atoms with Gasteiger partial charge in [-0.05, 0) is 156 Å². The summed E-state index contributed by atoms with van der Waals surface area (Å²) in [5.41, 5.74) is 15.3. The van der Waals surface area contributed by atoms with Crippen molar-refractivity contribution in [3.63, 3.8) is 0 Å².